The molecule has 4 rings (SSSR count). The van der Waals surface area contributed by atoms with Crippen molar-refractivity contribution in [2.45, 2.75) is 70.8 Å². The molecule has 0 bridgehead atoms. The Balaban J connectivity index is 1.45. The highest BCUT2D eigenvalue weighted by atomic mass is 16.5. The third-order valence-corrected chi connectivity index (χ3v) is 6.16. The van der Waals surface area contributed by atoms with Gasteiger partial charge in [-0.15, -0.1) is 0 Å². The first-order valence-corrected chi connectivity index (χ1v) is 11.2. The van der Waals surface area contributed by atoms with Crippen LogP contribution in [0.5, 0.6) is 0 Å². The maximum Gasteiger partial charge on any atom is 0.339 e. The number of nitrogens with zero attached hydrogens (tertiary/aromatic N) is 1. The number of fused-ring (bicyclic) bond motifs is 2. The van der Waals surface area contributed by atoms with E-state index in [1.807, 2.05) is 24.3 Å². The first-order valence-electron chi connectivity index (χ1n) is 11.2. The second kappa shape index (κ2) is 9.41. The molecule has 1 aromatic heterocycles. The van der Waals surface area contributed by atoms with Crippen molar-refractivity contribution in [1.29, 1.82) is 0 Å². The number of benzene rings is 1. The Morgan fingerprint density at radius 3 is 2.73 bits per heavy atom. The predicted molar refractivity (Wildman–Crippen MR) is 117 cm³/mol. The minimum Gasteiger partial charge on any atom is -0.449 e. The van der Waals surface area contributed by atoms with Crippen LogP contribution >= 0.6 is 0 Å². The van der Waals surface area contributed by atoms with Crippen molar-refractivity contribution in [3.05, 3.63) is 52.7 Å². The average molecular weight is 407 g/mol. The first-order chi connectivity index (χ1) is 14.6. The van der Waals surface area contributed by atoms with Gasteiger partial charge in [0, 0.05) is 17.6 Å². The molecule has 0 aliphatic heterocycles. The molecule has 0 saturated carbocycles. The van der Waals surface area contributed by atoms with E-state index in [1.54, 1.807) is 6.92 Å². The lowest BCUT2D eigenvalue weighted by Crippen LogP contribution is -2.36. The van der Waals surface area contributed by atoms with Gasteiger partial charge in [-0.3, -0.25) is 9.78 Å². The van der Waals surface area contributed by atoms with Gasteiger partial charge < -0.3 is 10.1 Å². The third-order valence-electron chi connectivity index (χ3n) is 6.16. The monoisotopic (exact) mass is 406 g/mol. The maximum atomic E-state index is 13.1. The van der Waals surface area contributed by atoms with E-state index in [1.165, 1.54) is 18.4 Å². The van der Waals surface area contributed by atoms with Gasteiger partial charge in [0.25, 0.3) is 5.91 Å². The highest BCUT2D eigenvalue weighted by Gasteiger charge is 2.26. The number of ether oxygens (including phenoxy) is 1. The molecule has 0 saturated heterocycles. The van der Waals surface area contributed by atoms with Crippen molar-refractivity contribution in [3.8, 4) is 0 Å². The molecule has 5 heteroatoms. The standard InChI is InChI=1S/C25H30N2O3/c1-17(24(28)26-16-15-18-9-3-2-4-10-18)30-25(29)23-19-11-5-7-13-21(19)27-22-14-8-6-12-20(22)23/h5,7,9,11,13,17H,2-4,6,8,10,12,14-16H2,1H3,(H,26,28)/t17-/m1/s1. The van der Waals surface area contributed by atoms with Crippen molar-refractivity contribution < 1.29 is 14.3 Å². The van der Waals surface area contributed by atoms with E-state index in [0.29, 0.717) is 12.1 Å². The normalized spacial score (nSPS) is 17.0. The van der Waals surface area contributed by atoms with Gasteiger partial charge >= 0.3 is 5.97 Å². The quantitative estimate of drug-likeness (QED) is 0.559. The van der Waals surface area contributed by atoms with Crippen LogP contribution in [0.4, 0.5) is 0 Å². The van der Waals surface area contributed by atoms with Crippen molar-refractivity contribution in [1.82, 2.24) is 10.3 Å². The molecule has 5 nitrogen and oxygen atoms in total. The minimum absolute atomic E-state index is 0.244. The summed E-state index contributed by atoms with van der Waals surface area (Å²) in [5.74, 6) is -0.670. The fraction of sp³-hybridized carbons (Fsp3) is 0.480. The Hall–Kier alpha value is -2.69. The van der Waals surface area contributed by atoms with Crippen molar-refractivity contribution in [2.75, 3.05) is 6.54 Å². The van der Waals surface area contributed by atoms with Crippen molar-refractivity contribution in [2.24, 2.45) is 0 Å². The number of hydrogen-bond donors (Lipinski definition) is 1. The maximum absolute atomic E-state index is 13.1. The first kappa shape index (κ1) is 20.6. The molecule has 0 unspecified atom stereocenters. The lowest BCUT2D eigenvalue weighted by atomic mass is 9.90. The Labute approximate surface area is 177 Å². The highest BCUT2D eigenvalue weighted by molar-refractivity contribution is 6.05. The van der Waals surface area contributed by atoms with E-state index in [4.69, 9.17) is 9.72 Å². The molecule has 0 fully saturated rings. The smallest absolute Gasteiger partial charge is 0.339 e. The number of aromatic nitrogens is 1. The molecule has 0 spiro atoms. The van der Waals surface area contributed by atoms with Gasteiger partial charge in [-0.1, -0.05) is 29.8 Å². The molecule has 1 atom stereocenters. The molecule has 0 radical (unpaired) electrons. The zero-order valence-corrected chi connectivity index (χ0v) is 17.7. The fourth-order valence-corrected chi connectivity index (χ4v) is 4.50. The number of aryl methyl sites for hydroxylation is 1. The number of esters is 1. The molecule has 2 aliphatic rings. The minimum atomic E-state index is -0.830. The molecule has 2 aromatic rings. The van der Waals surface area contributed by atoms with Crippen LogP contribution in [-0.4, -0.2) is 29.5 Å². The van der Waals surface area contributed by atoms with Gasteiger partial charge in [0.1, 0.15) is 0 Å². The van der Waals surface area contributed by atoms with Crippen LogP contribution < -0.4 is 5.32 Å². The summed E-state index contributed by atoms with van der Waals surface area (Å²) in [6.45, 7) is 2.23. The van der Waals surface area contributed by atoms with Gasteiger partial charge in [-0.25, -0.2) is 4.79 Å². The van der Waals surface area contributed by atoms with Gasteiger partial charge in [0.15, 0.2) is 6.10 Å². The van der Waals surface area contributed by atoms with Crippen LogP contribution in [-0.2, 0) is 22.4 Å². The SMILES string of the molecule is C[C@@H](OC(=O)c1c2c(nc3ccccc13)CCCC2)C(=O)NCCC1=CCCCC1. The summed E-state index contributed by atoms with van der Waals surface area (Å²) in [6, 6.07) is 7.68. The summed E-state index contributed by atoms with van der Waals surface area (Å²) in [7, 11) is 0. The van der Waals surface area contributed by atoms with Crippen LogP contribution in [0.3, 0.4) is 0 Å². The number of carbonyl (C=O) groups is 2. The van der Waals surface area contributed by atoms with Gasteiger partial charge in [-0.2, -0.15) is 0 Å². The number of rotatable bonds is 6. The van der Waals surface area contributed by atoms with Crippen LogP contribution in [0, 0.1) is 0 Å². The lowest BCUT2D eigenvalue weighted by Gasteiger charge is -2.21. The summed E-state index contributed by atoms with van der Waals surface area (Å²) >= 11 is 0. The summed E-state index contributed by atoms with van der Waals surface area (Å²) < 4.78 is 5.62. The summed E-state index contributed by atoms with van der Waals surface area (Å²) in [4.78, 5) is 30.4. The van der Waals surface area contributed by atoms with E-state index < -0.39 is 12.1 Å². The lowest BCUT2D eigenvalue weighted by molar-refractivity contribution is -0.129. The average Bonchev–Trinajstić information content (AvgIpc) is 2.77. The topological polar surface area (TPSA) is 68.3 Å². The molecular weight excluding hydrogens is 376 g/mol. The summed E-state index contributed by atoms with van der Waals surface area (Å²) in [5, 5.41) is 3.72. The fourth-order valence-electron chi connectivity index (χ4n) is 4.50. The van der Waals surface area contributed by atoms with Gasteiger partial charge in [0.2, 0.25) is 0 Å². The Kier molecular flexibility index (Phi) is 6.46. The summed E-state index contributed by atoms with van der Waals surface area (Å²) in [6.07, 6.45) is 10.9. The Morgan fingerprint density at radius 1 is 1.10 bits per heavy atom. The Bertz CT molecular complexity index is 980. The summed E-state index contributed by atoms with van der Waals surface area (Å²) in [5.41, 5.74) is 4.79. The third kappa shape index (κ3) is 4.55. The van der Waals surface area contributed by atoms with E-state index >= 15 is 0 Å². The van der Waals surface area contributed by atoms with E-state index in [9.17, 15) is 9.59 Å². The largest absolute Gasteiger partial charge is 0.449 e. The van der Waals surface area contributed by atoms with E-state index in [0.717, 1.165) is 67.1 Å². The molecule has 1 heterocycles. The molecule has 158 valence electrons. The second-order valence-electron chi connectivity index (χ2n) is 8.33. The number of nitrogens with one attached hydrogen (secondary N) is 1. The number of pyridine rings is 1. The Morgan fingerprint density at radius 2 is 1.90 bits per heavy atom. The zero-order valence-electron chi connectivity index (χ0n) is 17.7. The van der Waals surface area contributed by atoms with Crippen LogP contribution in [0.1, 0.15) is 73.5 Å². The second-order valence-corrected chi connectivity index (χ2v) is 8.33. The van der Waals surface area contributed by atoms with Crippen LogP contribution in [0.25, 0.3) is 10.9 Å². The predicted octanol–water partition coefficient (Wildman–Crippen LogP) is 4.67. The van der Waals surface area contributed by atoms with Gasteiger partial charge in [0.05, 0.1) is 11.1 Å². The van der Waals surface area contributed by atoms with Crippen LogP contribution in [0.2, 0.25) is 0 Å². The number of para-hydroxylation sites is 1. The van der Waals surface area contributed by atoms with Crippen molar-refractivity contribution >= 4 is 22.8 Å². The number of hydrogen-bond acceptors (Lipinski definition) is 4. The zero-order chi connectivity index (χ0) is 20.9. The van der Waals surface area contributed by atoms with E-state index in [-0.39, 0.29) is 5.91 Å². The highest BCUT2D eigenvalue weighted by Crippen LogP contribution is 2.30. The molecule has 30 heavy (non-hydrogen) atoms. The number of amides is 1. The molecule has 1 aromatic carbocycles. The van der Waals surface area contributed by atoms with Gasteiger partial charge in [-0.05, 0) is 76.3 Å². The molecular formula is C25H30N2O3. The number of carbonyl (C=O) groups excluding carboxylic acids is 2. The van der Waals surface area contributed by atoms with Crippen LogP contribution in [0.15, 0.2) is 35.9 Å². The van der Waals surface area contributed by atoms with E-state index in [2.05, 4.69) is 11.4 Å². The number of allylic oxidation sites excluding steroid dienone is 1. The van der Waals surface area contributed by atoms with Crippen molar-refractivity contribution in [3.63, 3.8) is 0 Å². The molecule has 2 aliphatic carbocycles. The molecule has 1 amide bonds. The molecule has 1 N–H and O–H groups in total.